The van der Waals surface area contributed by atoms with Crippen LogP contribution in [0.5, 0.6) is 0 Å². The molecular weight excluding hydrogens is 230 g/mol. The fourth-order valence-corrected chi connectivity index (χ4v) is 2.44. The zero-order valence-corrected chi connectivity index (χ0v) is 9.57. The average Bonchev–Trinajstić information content (AvgIpc) is 2.74. The summed E-state index contributed by atoms with van der Waals surface area (Å²) >= 11 is 7.09. The van der Waals surface area contributed by atoms with Crippen molar-refractivity contribution >= 4 is 38.9 Å². The van der Waals surface area contributed by atoms with Gasteiger partial charge in [0.25, 0.3) is 0 Å². The molecule has 0 aliphatic heterocycles. The quantitative estimate of drug-likeness (QED) is 0.820. The molecule has 0 atom stereocenters. The van der Waals surface area contributed by atoms with Crippen molar-refractivity contribution in [3.05, 3.63) is 35.2 Å². The molecule has 0 bridgehead atoms. The second-order valence-corrected chi connectivity index (χ2v) is 4.35. The van der Waals surface area contributed by atoms with Crippen molar-refractivity contribution in [1.82, 2.24) is 5.32 Å². The van der Waals surface area contributed by atoms with E-state index in [0.717, 1.165) is 5.56 Å². The van der Waals surface area contributed by atoms with Gasteiger partial charge >= 0.3 is 0 Å². The summed E-state index contributed by atoms with van der Waals surface area (Å²) in [5.41, 5.74) is 1.14. The van der Waals surface area contributed by atoms with Gasteiger partial charge in [-0.25, -0.2) is 0 Å². The van der Waals surface area contributed by atoms with E-state index in [1.807, 2.05) is 12.1 Å². The minimum atomic E-state index is -0.134. The molecule has 2 aromatic rings. The lowest BCUT2D eigenvalue weighted by Gasteiger charge is -2.04. The molecule has 4 heteroatoms. The van der Waals surface area contributed by atoms with Crippen LogP contribution in [0.15, 0.2) is 29.6 Å². The average molecular weight is 240 g/mol. The first kappa shape index (κ1) is 10.5. The number of hydrogen-bond donors (Lipinski definition) is 1. The molecule has 15 heavy (non-hydrogen) atoms. The minimum absolute atomic E-state index is 0.0143. The summed E-state index contributed by atoms with van der Waals surface area (Å²) in [6.07, 6.45) is 0. The van der Waals surface area contributed by atoms with Crippen LogP contribution in [0.25, 0.3) is 10.1 Å². The number of benzene rings is 1. The summed E-state index contributed by atoms with van der Waals surface area (Å²) in [4.78, 5) is 11.0. The van der Waals surface area contributed by atoms with Crippen LogP contribution in [0, 0.1) is 0 Å². The van der Waals surface area contributed by atoms with Crippen molar-refractivity contribution in [2.24, 2.45) is 0 Å². The van der Waals surface area contributed by atoms with E-state index >= 15 is 0 Å². The molecule has 1 heterocycles. The Morgan fingerprint density at radius 2 is 2.27 bits per heavy atom. The number of rotatable bonds is 3. The van der Waals surface area contributed by atoms with Gasteiger partial charge in [-0.05, 0) is 22.4 Å². The highest BCUT2D eigenvalue weighted by molar-refractivity contribution is 7.17. The summed E-state index contributed by atoms with van der Waals surface area (Å²) in [5.74, 6) is -0.120. The Kier molecular flexibility index (Phi) is 3.23. The molecule has 78 valence electrons. The highest BCUT2D eigenvalue weighted by Gasteiger charge is 2.03. The first-order chi connectivity index (χ1) is 7.31. The van der Waals surface area contributed by atoms with E-state index in [9.17, 15) is 4.79 Å². The lowest BCUT2D eigenvalue weighted by Crippen LogP contribution is -2.23. The summed E-state index contributed by atoms with van der Waals surface area (Å²) in [6, 6.07) is 8.16. The van der Waals surface area contributed by atoms with E-state index in [1.165, 1.54) is 10.1 Å². The predicted molar refractivity (Wildman–Crippen MR) is 64.4 cm³/mol. The van der Waals surface area contributed by atoms with Crippen LogP contribution in [0.2, 0.25) is 0 Å². The number of nitrogens with one attached hydrogen (secondary N) is 1. The number of hydrogen-bond acceptors (Lipinski definition) is 2. The second-order valence-electron chi connectivity index (χ2n) is 3.17. The monoisotopic (exact) mass is 239 g/mol. The van der Waals surface area contributed by atoms with Gasteiger partial charge in [0.2, 0.25) is 5.91 Å². The maximum absolute atomic E-state index is 11.0. The fraction of sp³-hybridized carbons (Fsp3) is 0.182. The summed E-state index contributed by atoms with van der Waals surface area (Å²) < 4.78 is 1.23. The molecule has 1 aromatic carbocycles. The van der Waals surface area contributed by atoms with Gasteiger partial charge in [-0.15, -0.1) is 22.9 Å². The van der Waals surface area contributed by atoms with E-state index in [1.54, 1.807) is 11.3 Å². The Balaban J connectivity index is 2.20. The molecule has 1 amide bonds. The largest absolute Gasteiger partial charge is 0.351 e. The van der Waals surface area contributed by atoms with Gasteiger partial charge in [0.1, 0.15) is 5.88 Å². The molecule has 0 unspecified atom stereocenters. The first-order valence-electron chi connectivity index (χ1n) is 4.59. The maximum atomic E-state index is 11.0. The molecule has 0 saturated heterocycles. The highest BCUT2D eigenvalue weighted by atomic mass is 35.5. The summed E-state index contributed by atoms with van der Waals surface area (Å²) in [7, 11) is 0. The van der Waals surface area contributed by atoms with Crippen molar-refractivity contribution in [3.8, 4) is 0 Å². The zero-order chi connectivity index (χ0) is 10.7. The number of alkyl halides is 1. The molecule has 0 radical (unpaired) electrons. The second kappa shape index (κ2) is 4.64. The SMILES string of the molecule is O=C(CCl)NCc1cccc2ccsc12. The Morgan fingerprint density at radius 1 is 1.40 bits per heavy atom. The Morgan fingerprint density at radius 3 is 3.07 bits per heavy atom. The van der Waals surface area contributed by atoms with Gasteiger partial charge in [-0.1, -0.05) is 18.2 Å². The number of amides is 1. The number of thiophene rings is 1. The third kappa shape index (κ3) is 2.30. The van der Waals surface area contributed by atoms with Crippen molar-refractivity contribution in [3.63, 3.8) is 0 Å². The van der Waals surface area contributed by atoms with Crippen molar-refractivity contribution < 1.29 is 4.79 Å². The van der Waals surface area contributed by atoms with Crippen LogP contribution in [-0.4, -0.2) is 11.8 Å². The molecule has 1 aromatic heterocycles. The van der Waals surface area contributed by atoms with Crippen LogP contribution in [0.3, 0.4) is 0 Å². The summed E-state index contributed by atoms with van der Waals surface area (Å²) in [5, 5.41) is 6.04. The third-order valence-corrected chi connectivity index (χ3v) is 3.41. The van der Waals surface area contributed by atoms with E-state index in [0.29, 0.717) is 6.54 Å². The smallest absolute Gasteiger partial charge is 0.235 e. The Hall–Kier alpha value is -1.06. The van der Waals surface area contributed by atoms with Gasteiger partial charge < -0.3 is 5.32 Å². The molecule has 0 aliphatic carbocycles. The molecule has 0 fully saturated rings. The Labute approximate surface area is 96.9 Å². The molecular formula is C11H10ClNOS. The highest BCUT2D eigenvalue weighted by Crippen LogP contribution is 2.24. The molecule has 2 rings (SSSR count). The van der Waals surface area contributed by atoms with Crippen LogP contribution in [-0.2, 0) is 11.3 Å². The molecule has 2 nitrogen and oxygen atoms in total. The van der Waals surface area contributed by atoms with Gasteiger partial charge in [0.05, 0.1) is 0 Å². The predicted octanol–water partition coefficient (Wildman–Crippen LogP) is 2.76. The van der Waals surface area contributed by atoms with E-state index in [2.05, 4.69) is 22.8 Å². The fourth-order valence-electron chi connectivity index (χ4n) is 1.44. The number of carbonyl (C=O) groups is 1. The molecule has 0 spiro atoms. The summed E-state index contributed by atoms with van der Waals surface area (Å²) in [6.45, 7) is 0.545. The molecule has 1 N–H and O–H groups in total. The topological polar surface area (TPSA) is 29.1 Å². The molecule has 0 saturated carbocycles. The van der Waals surface area contributed by atoms with Crippen LogP contribution in [0.4, 0.5) is 0 Å². The lowest BCUT2D eigenvalue weighted by atomic mass is 10.1. The van der Waals surface area contributed by atoms with E-state index in [4.69, 9.17) is 11.6 Å². The number of carbonyl (C=O) groups excluding carboxylic acids is 1. The van der Waals surface area contributed by atoms with Crippen LogP contribution < -0.4 is 5.32 Å². The third-order valence-electron chi connectivity index (χ3n) is 2.16. The minimum Gasteiger partial charge on any atom is -0.351 e. The first-order valence-corrected chi connectivity index (χ1v) is 6.00. The standard InChI is InChI=1S/C11H10ClNOS/c12-6-10(14)13-7-9-3-1-2-8-4-5-15-11(8)9/h1-5H,6-7H2,(H,13,14). The van der Waals surface area contributed by atoms with Gasteiger partial charge in [0, 0.05) is 11.2 Å². The maximum Gasteiger partial charge on any atom is 0.235 e. The van der Waals surface area contributed by atoms with Crippen molar-refractivity contribution in [1.29, 1.82) is 0 Å². The van der Waals surface area contributed by atoms with Crippen LogP contribution in [0.1, 0.15) is 5.56 Å². The number of fused-ring (bicyclic) bond motifs is 1. The van der Waals surface area contributed by atoms with Crippen molar-refractivity contribution in [2.45, 2.75) is 6.54 Å². The van der Waals surface area contributed by atoms with Gasteiger partial charge in [-0.3, -0.25) is 4.79 Å². The normalized spacial score (nSPS) is 10.5. The van der Waals surface area contributed by atoms with E-state index < -0.39 is 0 Å². The zero-order valence-electron chi connectivity index (χ0n) is 8.00. The van der Waals surface area contributed by atoms with E-state index in [-0.39, 0.29) is 11.8 Å². The van der Waals surface area contributed by atoms with Crippen molar-refractivity contribution in [2.75, 3.05) is 5.88 Å². The number of halogens is 1. The Bertz CT molecular complexity index is 480. The van der Waals surface area contributed by atoms with Gasteiger partial charge in [0.15, 0.2) is 0 Å². The van der Waals surface area contributed by atoms with Crippen LogP contribution >= 0.6 is 22.9 Å². The van der Waals surface area contributed by atoms with Gasteiger partial charge in [-0.2, -0.15) is 0 Å². The molecule has 0 aliphatic rings. The lowest BCUT2D eigenvalue weighted by molar-refractivity contribution is -0.118.